The summed E-state index contributed by atoms with van der Waals surface area (Å²) in [5.41, 5.74) is 4.39. The Bertz CT molecular complexity index is 1290. The third-order valence-corrected chi connectivity index (χ3v) is 5.23. The van der Waals surface area contributed by atoms with Crippen LogP contribution in [-0.2, 0) is 28.7 Å². The van der Waals surface area contributed by atoms with E-state index in [0.717, 1.165) is 10.4 Å². The van der Waals surface area contributed by atoms with Crippen LogP contribution in [0.5, 0.6) is 11.5 Å². The van der Waals surface area contributed by atoms with Crippen molar-refractivity contribution in [3.05, 3.63) is 83.2 Å². The minimum absolute atomic E-state index is 0.0213. The first-order valence-electron chi connectivity index (χ1n) is 9.36. The van der Waals surface area contributed by atoms with Gasteiger partial charge in [-0.3, -0.25) is 9.35 Å². The number of carbonyl (C=O) groups excluding carboxylic acids is 1. The molecule has 0 spiro atoms. The van der Waals surface area contributed by atoms with Crippen LogP contribution in [0.15, 0.2) is 60.7 Å². The van der Waals surface area contributed by atoms with E-state index in [9.17, 15) is 36.4 Å². The van der Waals surface area contributed by atoms with Crippen LogP contribution >= 0.6 is 0 Å². The van der Waals surface area contributed by atoms with Gasteiger partial charge in [0, 0.05) is 0 Å². The highest BCUT2D eigenvalue weighted by molar-refractivity contribution is 7.81. The first-order chi connectivity index (χ1) is 16.0. The molecule has 1 unspecified atom stereocenters. The van der Waals surface area contributed by atoms with Crippen molar-refractivity contribution in [3.8, 4) is 17.6 Å². The summed E-state index contributed by atoms with van der Waals surface area (Å²) in [6, 6.07) is 13.6. The predicted octanol–water partition coefficient (Wildman–Crippen LogP) is 4.81. The van der Waals surface area contributed by atoms with Crippen LogP contribution in [0.4, 0.5) is 28.9 Å². The normalized spacial score (nSPS) is 12.0. The van der Waals surface area contributed by atoms with Gasteiger partial charge in [-0.2, -0.15) is 18.4 Å². The van der Waals surface area contributed by atoms with Crippen molar-refractivity contribution in [3.63, 3.8) is 0 Å². The number of benzene rings is 3. The van der Waals surface area contributed by atoms with Crippen molar-refractivity contribution >= 4 is 28.5 Å². The van der Waals surface area contributed by atoms with Crippen molar-refractivity contribution < 1.29 is 35.9 Å². The van der Waals surface area contributed by atoms with Gasteiger partial charge in [0.25, 0.3) is 11.3 Å². The molecule has 0 aliphatic heterocycles. The summed E-state index contributed by atoms with van der Waals surface area (Å²) in [5, 5.41) is 9.49. The lowest BCUT2D eigenvalue weighted by molar-refractivity contribution is -0.140. The number of ether oxygens (including phenoxy) is 1. The average molecular weight is 493 g/mol. The quantitative estimate of drug-likeness (QED) is 0.362. The predicted molar refractivity (Wildman–Crippen MR) is 115 cm³/mol. The molecule has 3 N–H and O–H groups in total. The number of carbonyl (C=O) groups is 1. The van der Waals surface area contributed by atoms with E-state index in [-0.39, 0.29) is 34.9 Å². The molecule has 0 aliphatic rings. The molecule has 0 aliphatic carbocycles. The molecule has 0 radical (unpaired) electrons. The molecule has 7 nitrogen and oxygen atoms in total. The smallest absolute Gasteiger partial charge is 0.419 e. The van der Waals surface area contributed by atoms with Gasteiger partial charge in [-0.25, -0.2) is 12.9 Å². The number of primary amides is 1. The molecule has 0 fully saturated rings. The number of alkyl halides is 3. The second-order valence-corrected chi connectivity index (χ2v) is 7.69. The number of anilines is 2. The number of hydrogen-bond donors (Lipinski definition) is 2. The van der Waals surface area contributed by atoms with Gasteiger partial charge in [0.2, 0.25) is 5.91 Å². The average Bonchev–Trinajstić information content (AvgIpc) is 2.76. The van der Waals surface area contributed by atoms with Crippen LogP contribution < -0.4 is 14.8 Å². The highest BCUT2D eigenvalue weighted by Crippen LogP contribution is 2.37. The van der Waals surface area contributed by atoms with Gasteiger partial charge in [0.05, 0.1) is 28.9 Å². The summed E-state index contributed by atoms with van der Waals surface area (Å²) >= 11 is -2.57. The summed E-state index contributed by atoms with van der Waals surface area (Å²) in [4.78, 5) is 11.0. The zero-order valence-corrected chi connectivity index (χ0v) is 17.9. The summed E-state index contributed by atoms with van der Waals surface area (Å²) in [6.45, 7) is 0. The van der Waals surface area contributed by atoms with Crippen molar-refractivity contribution in [1.29, 1.82) is 5.26 Å². The van der Waals surface area contributed by atoms with E-state index in [2.05, 4.69) is 0 Å². The number of nitrogens with zero attached hydrogens (tertiary/aromatic N) is 2. The third kappa shape index (κ3) is 5.69. The Balaban J connectivity index is 1.94. The Hall–Kier alpha value is -3.95. The first kappa shape index (κ1) is 24.7. The Morgan fingerprint density at radius 2 is 1.74 bits per heavy atom. The number of hydrogen-bond acceptors (Lipinski definition) is 4. The molecule has 0 saturated carbocycles. The van der Waals surface area contributed by atoms with Crippen molar-refractivity contribution in [2.75, 3.05) is 4.31 Å². The van der Waals surface area contributed by atoms with Crippen LogP contribution in [0.25, 0.3) is 0 Å². The zero-order valence-electron chi connectivity index (χ0n) is 17.0. The highest BCUT2D eigenvalue weighted by Gasteiger charge is 2.34. The van der Waals surface area contributed by atoms with Gasteiger partial charge in [0.1, 0.15) is 23.4 Å². The molecule has 0 heterocycles. The fraction of sp³-hybridized carbons (Fsp3) is 0.0909. The molecule has 3 aromatic rings. The lowest BCUT2D eigenvalue weighted by atomic mass is 10.1. The van der Waals surface area contributed by atoms with Crippen LogP contribution in [-0.4, -0.2) is 14.7 Å². The molecule has 0 bridgehead atoms. The van der Waals surface area contributed by atoms with E-state index >= 15 is 0 Å². The van der Waals surface area contributed by atoms with Gasteiger partial charge in [-0.05, 0) is 54.1 Å². The Labute approximate surface area is 193 Å². The molecule has 3 aromatic carbocycles. The summed E-state index contributed by atoms with van der Waals surface area (Å²) in [7, 11) is 0. The van der Waals surface area contributed by atoms with E-state index in [0.29, 0.717) is 17.7 Å². The number of halogens is 4. The van der Waals surface area contributed by atoms with E-state index < -0.39 is 34.7 Å². The Morgan fingerprint density at radius 3 is 2.29 bits per heavy atom. The summed E-state index contributed by atoms with van der Waals surface area (Å²) in [6.07, 6.45) is -4.96. The molecule has 0 saturated heterocycles. The van der Waals surface area contributed by atoms with Gasteiger partial charge >= 0.3 is 6.18 Å². The molecule has 34 heavy (non-hydrogen) atoms. The zero-order chi connectivity index (χ0) is 25.0. The van der Waals surface area contributed by atoms with Crippen LogP contribution in [0.2, 0.25) is 0 Å². The molecule has 176 valence electrons. The molecule has 3 rings (SSSR count). The molecule has 1 amide bonds. The number of nitrogens with two attached hydrogens (primary N) is 1. The van der Waals surface area contributed by atoms with Crippen molar-refractivity contribution in [1.82, 2.24) is 0 Å². The minimum Gasteiger partial charge on any atom is -0.456 e. The first-order valence-corrected chi connectivity index (χ1v) is 10.4. The number of nitriles is 1. The SMILES string of the molecule is N#Cc1cc(N(c2ccc(CC(N)=O)cc2)S(=O)O)ccc1Oc1ccc(F)c(C(F)(F)F)c1. The maximum atomic E-state index is 13.5. The van der Waals surface area contributed by atoms with E-state index in [1.807, 2.05) is 6.07 Å². The lowest BCUT2D eigenvalue weighted by Gasteiger charge is -2.21. The highest BCUT2D eigenvalue weighted by atomic mass is 32.2. The Kier molecular flexibility index (Phi) is 7.19. The fourth-order valence-corrected chi connectivity index (χ4v) is 3.61. The fourth-order valence-electron chi connectivity index (χ4n) is 3.01. The maximum Gasteiger partial charge on any atom is 0.419 e. The van der Waals surface area contributed by atoms with Gasteiger partial charge in [-0.1, -0.05) is 12.1 Å². The second-order valence-electron chi connectivity index (χ2n) is 6.87. The van der Waals surface area contributed by atoms with E-state index in [1.54, 1.807) is 0 Å². The van der Waals surface area contributed by atoms with Crippen LogP contribution in [0.3, 0.4) is 0 Å². The molecule has 1 atom stereocenters. The number of rotatable bonds is 7. The van der Waals surface area contributed by atoms with Crippen molar-refractivity contribution in [2.24, 2.45) is 5.73 Å². The van der Waals surface area contributed by atoms with Crippen molar-refractivity contribution in [2.45, 2.75) is 12.6 Å². The standard InChI is InChI=1S/C22H15F4N3O4S/c23-19-7-6-17(11-18(19)22(24,25)26)33-20-8-5-16(10-14(20)12-27)29(34(31)32)15-3-1-13(2-4-15)9-21(28)30/h1-8,10-11H,9H2,(H2,28,30)(H,31,32). The van der Waals surface area contributed by atoms with Gasteiger partial charge in [-0.15, -0.1) is 0 Å². The Morgan fingerprint density at radius 1 is 1.09 bits per heavy atom. The molecular weight excluding hydrogens is 478 g/mol. The monoisotopic (exact) mass is 493 g/mol. The summed E-state index contributed by atoms with van der Waals surface area (Å²) < 4.78 is 80.5. The van der Waals surface area contributed by atoms with Crippen LogP contribution in [0, 0.1) is 17.1 Å². The van der Waals surface area contributed by atoms with E-state index in [4.69, 9.17) is 10.5 Å². The lowest BCUT2D eigenvalue weighted by Crippen LogP contribution is -2.19. The summed E-state index contributed by atoms with van der Waals surface area (Å²) in [5.74, 6) is -2.52. The van der Waals surface area contributed by atoms with Gasteiger partial charge < -0.3 is 10.5 Å². The molecule has 0 aromatic heterocycles. The minimum atomic E-state index is -4.94. The van der Waals surface area contributed by atoms with Crippen LogP contribution in [0.1, 0.15) is 16.7 Å². The third-order valence-electron chi connectivity index (χ3n) is 4.49. The number of amides is 1. The second kappa shape index (κ2) is 9.90. The topological polar surface area (TPSA) is 117 Å². The largest absolute Gasteiger partial charge is 0.456 e. The van der Waals surface area contributed by atoms with E-state index in [1.165, 1.54) is 42.5 Å². The molecular formula is C22H15F4N3O4S. The van der Waals surface area contributed by atoms with Gasteiger partial charge in [0.15, 0.2) is 0 Å². The maximum absolute atomic E-state index is 13.5. The molecule has 12 heteroatoms.